The molecule has 0 N–H and O–H groups in total. The van der Waals surface area contributed by atoms with Crippen molar-refractivity contribution in [1.82, 2.24) is 0 Å². The third-order valence-electron chi connectivity index (χ3n) is 2.57. The second kappa shape index (κ2) is 7.80. The highest BCUT2D eigenvalue weighted by Gasteiger charge is 2.03. The zero-order valence-electron chi connectivity index (χ0n) is 11.3. The Hall–Kier alpha value is -1.68. The molecule has 0 fully saturated rings. The first-order valence-electron chi connectivity index (χ1n) is 6.52. The van der Waals surface area contributed by atoms with Gasteiger partial charge in [-0.2, -0.15) is 0 Å². The van der Waals surface area contributed by atoms with Crippen LogP contribution in [0.5, 0.6) is 17.2 Å². The van der Waals surface area contributed by atoms with E-state index >= 15 is 0 Å². The van der Waals surface area contributed by atoms with Gasteiger partial charge in [-0.15, -0.1) is 0 Å². The van der Waals surface area contributed by atoms with Crippen molar-refractivity contribution in [2.45, 2.75) is 6.92 Å². The first-order valence-corrected chi connectivity index (χ1v) is 7.32. The molecule has 0 saturated heterocycles. The van der Waals surface area contributed by atoms with E-state index in [0.717, 1.165) is 21.7 Å². The van der Waals surface area contributed by atoms with Crippen LogP contribution in [-0.2, 0) is 0 Å². The summed E-state index contributed by atoms with van der Waals surface area (Å²) in [5.41, 5.74) is 0. The Bertz CT molecular complexity index is 526. The molecule has 0 aromatic heterocycles. The Balaban J connectivity index is 1.79. The van der Waals surface area contributed by atoms with Crippen LogP contribution in [0.15, 0.2) is 53.0 Å². The van der Waals surface area contributed by atoms with Crippen LogP contribution in [0.3, 0.4) is 0 Å². The zero-order valence-corrected chi connectivity index (χ0v) is 12.9. The minimum atomic E-state index is 0.472. The summed E-state index contributed by atoms with van der Waals surface area (Å²) in [4.78, 5) is 0. The molecule has 0 aliphatic carbocycles. The van der Waals surface area contributed by atoms with Crippen LogP contribution in [0.25, 0.3) is 0 Å². The van der Waals surface area contributed by atoms with Crippen LogP contribution in [0.2, 0.25) is 0 Å². The first kappa shape index (κ1) is 14.7. The lowest BCUT2D eigenvalue weighted by molar-refractivity contribution is 0.208. The molecule has 0 unspecified atom stereocenters. The summed E-state index contributed by atoms with van der Waals surface area (Å²) in [6, 6.07) is 15.4. The lowest BCUT2D eigenvalue weighted by Gasteiger charge is -2.12. The van der Waals surface area contributed by atoms with Crippen molar-refractivity contribution in [1.29, 1.82) is 0 Å². The number of para-hydroxylation sites is 2. The van der Waals surface area contributed by atoms with Gasteiger partial charge < -0.3 is 14.2 Å². The summed E-state index contributed by atoms with van der Waals surface area (Å²) in [6.45, 7) is 3.53. The van der Waals surface area contributed by atoms with E-state index in [1.807, 2.05) is 55.5 Å². The molecule has 20 heavy (non-hydrogen) atoms. The van der Waals surface area contributed by atoms with E-state index in [1.165, 1.54) is 0 Å². The Morgan fingerprint density at radius 2 is 1.40 bits per heavy atom. The van der Waals surface area contributed by atoms with Gasteiger partial charge in [0.15, 0.2) is 11.5 Å². The molecular weight excluding hydrogens is 320 g/mol. The fourth-order valence-corrected chi connectivity index (χ4v) is 1.95. The first-order chi connectivity index (χ1) is 9.79. The van der Waals surface area contributed by atoms with Crippen LogP contribution in [0.4, 0.5) is 0 Å². The van der Waals surface area contributed by atoms with Crippen LogP contribution in [0.1, 0.15) is 6.92 Å². The van der Waals surface area contributed by atoms with Gasteiger partial charge in [-0.05, 0) is 43.3 Å². The fraction of sp³-hybridized carbons (Fsp3) is 0.250. The topological polar surface area (TPSA) is 27.7 Å². The van der Waals surface area contributed by atoms with Crippen LogP contribution >= 0.6 is 15.9 Å². The second-order valence-corrected chi connectivity index (χ2v) is 4.95. The van der Waals surface area contributed by atoms with Crippen molar-refractivity contribution in [3.05, 3.63) is 53.0 Å². The summed E-state index contributed by atoms with van der Waals surface area (Å²) < 4.78 is 17.8. The van der Waals surface area contributed by atoms with Crippen molar-refractivity contribution >= 4 is 15.9 Å². The van der Waals surface area contributed by atoms with Crippen LogP contribution in [-0.4, -0.2) is 19.8 Å². The fourth-order valence-electron chi connectivity index (χ4n) is 1.69. The van der Waals surface area contributed by atoms with Crippen molar-refractivity contribution in [3.63, 3.8) is 0 Å². The molecule has 3 nitrogen and oxygen atoms in total. The molecule has 0 bridgehead atoms. The molecule has 0 amide bonds. The molecule has 0 radical (unpaired) electrons. The molecule has 0 aliphatic heterocycles. The highest BCUT2D eigenvalue weighted by molar-refractivity contribution is 9.10. The average molecular weight is 337 g/mol. The van der Waals surface area contributed by atoms with Gasteiger partial charge in [0, 0.05) is 4.47 Å². The predicted molar refractivity (Wildman–Crippen MR) is 82.7 cm³/mol. The molecule has 0 aliphatic rings. The van der Waals surface area contributed by atoms with E-state index in [4.69, 9.17) is 14.2 Å². The molecule has 2 rings (SSSR count). The number of hydrogen-bond donors (Lipinski definition) is 0. The summed E-state index contributed by atoms with van der Waals surface area (Å²) in [7, 11) is 0. The van der Waals surface area contributed by atoms with Gasteiger partial charge >= 0.3 is 0 Å². The molecule has 2 aromatic carbocycles. The normalized spacial score (nSPS) is 10.1. The minimum absolute atomic E-state index is 0.472. The van der Waals surface area contributed by atoms with Gasteiger partial charge in [0.2, 0.25) is 0 Å². The number of ether oxygens (including phenoxy) is 3. The van der Waals surface area contributed by atoms with Crippen molar-refractivity contribution in [2.75, 3.05) is 19.8 Å². The number of rotatable bonds is 7. The highest BCUT2D eigenvalue weighted by atomic mass is 79.9. The molecule has 0 spiro atoms. The number of halogens is 1. The summed E-state index contributed by atoms with van der Waals surface area (Å²) in [6.07, 6.45) is 0. The Labute approximate surface area is 127 Å². The SMILES string of the molecule is CCOc1ccccc1OCCOc1ccc(Br)cc1. The molecule has 2 aromatic rings. The van der Waals surface area contributed by atoms with Gasteiger partial charge in [-0.3, -0.25) is 0 Å². The van der Waals surface area contributed by atoms with Gasteiger partial charge in [-0.1, -0.05) is 28.1 Å². The van der Waals surface area contributed by atoms with Gasteiger partial charge in [-0.25, -0.2) is 0 Å². The van der Waals surface area contributed by atoms with Crippen LogP contribution < -0.4 is 14.2 Å². The maximum atomic E-state index is 5.68. The maximum Gasteiger partial charge on any atom is 0.161 e. The molecule has 4 heteroatoms. The van der Waals surface area contributed by atoms with E-state index < -0.39 is 0 Å². The van der Waals surface area contributed by atoms with Crippen molar-refractivity contribution in [2.24, 2.45) is 0 Å². The second-order valence-electron chi connectivity index (χ2n) is 4.03. The molecule has 106 valence electrons. The van der Waals surface area contributed by atoms with Crippen LogP contribution in [0, 0.1) is 0 Å². The predicted octanol–water partition coefficient (Wildman–Crippen LogP) is 4.31. The molecule has 0 heterocycles. The average Bonchev–Trinajstić information content (AvgIpc) is 2.47. The third kappa shape index (κ3) is 4.46. The summed E-state index contributed by atoms with van der Waals surface area (Å²) in [5, 5.41) is 0. The van der Waals surface area contributed by atoms with E-state index in [1.54, 1.807) is 0 Å². The van der Waals surface area contributed by atoms with E-state index in [9.17, 15) is 0 Å². The van der Waals surface area contributed by atoms with Crippen molar-refractivity contribution in [3.8, 4) is 17.2 Å². The van der Waals surface area contributed by atoms with E-state index in [-0.39, 0.29) is 0 Å². The highest BCUT2D eigenvalue weighted by Crippen LogP contribution is 2.26. The van der Waals surface area contributed by atoms with E-state index in [2.05, 4.69) is 15.9 Å². The largest absolute Gasteiger partial charge is 0.490 e. The minimum Gasteiger partial charge on any atom is -0.490 e. The number of benzene rings is 2. The van der Waals surface area contributed by atoms with Crippen molar-refractivity contribution < 1.29 is 14.2 Å². The maximum absolute atomic E-state index is 5.68. The molecule has 0 atom stereocenters. The summed E-state index contributed by atoms with van der Waals surface area (Å²) in [5.74, 6) is 2.34. The van der Waals surface area contributed by atoms with Gasteiger partial charge in [0.1, 0.15) is 19.0 Å². The lowest BCUT2D eigenvalue weighted by Crippen LogP contribution is -2.09. The van der Waals surface area contributed by atoms with E-state index in [0.29, 0.717) is 19.8 Å². The Morgan fingerprint density at radius 1 is 0.800 bits per heavy atom. The van der Waals surface area contributed by atoms with Gasteiger partial charge in [0.05, 0.1) is 6.61 Å². The number of hydrogen-bond acceptors (Lipinski definition) is 3. The molecular formula is C16H17BrO3. The molecule has 0 saturated carbocycles. The Kier molecular flexibility index (Phi) is 5.74. The standard InChI is InChI=1S/C16H17BrO3/c1-2-18-15-5-3-4-6-16(15)20-12-11-19-14-9-7-13(17)8-10-14/h3-10H,2,11-12H2,1H3. The monoisotopic (exact) mass is 336 g/mol. The zero-order chi connectivity index (χ0) is 14.2. The summed E-state index contributed by atoms with van der Waals surface area (Å²) >= 11 is 3.39. The lowest BCUT2D eigenvalue weighted by atomic mass is 10.3. The third-order valence-corrected chi connectivity index (χ3v) is 3.10. The Morgan fingerprint density at radius 3 is 2.05 bits per heavy atom. The smallest absolute Gasteiger partial charge is 0.161 e. The quantitative estimate of drug-likeness (QED) is 0.705. The van der Waals surface area contributed by atoms with Gasteiger partial charge in [0.25, 0.3) is 0 Å².